The van der Waals surface area contributed by atoms with E-state index in [1.165, 1.54) is 5.56 Å². The maximum absolute atomic E-state index is 11.8. The van der Waals surface area contributed by atoms with Crippen molar-refractivity contribution < 1.29 is 4.42 Å². The van der Waals surface area contributed by atoms with Gasteiger partial charge in [0, 0.05) is 23.0 Å². The molecule has 0 unspecified atom stereocenters. The Morgan fingerprint density at radius 1 is 1.04 bits per heavy atom. The monoisotopic (exact) mass is 335 g/mol. The number of rotatable bonds is 4. The summed E-state index contributed by atoms with van der Waals surface area (Å²) < 4.78 is 5.33. The molecule has 0 aliphatic rings. The van der Waals surface area contributed by atoms with Crippen molar-refractivity contribution in [2.24, 2.45) is 0 Å². The number of thioether (sulfide) groups is 1. The van der Waals surface area contributed by atoms with E-state index in [4.69, 9.17) is 9.68 Å². The van der Waals surface area contributed by atoms with Gasteiger partial charge in [0.05, 0.1) is 11.6 Å². The zero-order valence-electron chi connectivity index (χ0n) is 13.6. The fourth-order valence-corrected chi connectivity index (χ4v) is 3.66. The molecule has 2 aromatic carbocycles. The SMILES string of the molecule is Cc1cc2oc(=O)cc(CSCc3ccccc3C#N)c2cc1C. The van der Waals surface area contributed by atoms with Crippen LogP contribution in [-0.2, 0) is 11.5 Å². The lowest BCUT2D eigenvalue weighted by Crippen LogP contribution is -2.01. The van der Waals surface area contributed by atoms with Gasteiger partial charge in [0.1, 0.15) is 5.58 Å². The number of benzene rings is 2. The van der Waals surface area contributed by atoms with Crippen LogP contribution in [0.4, 0.5) is 0 Å². The maximum atomic E-state index is 11.8. The molecule has 0 saturated heterocycles. The molecule has 0 radical (unpaired) electrons. The molecular weight excluding hydrogens is 318 g/mol. The first kappa shape index (κ1) is 16.4. The molecule has 3 rings (SSSR count). The Morgan fingerprint density at radius 2 is 1.75 bits per heavy atom. The van der Waals surface area contributed by atoms with E-state index in [0.717, 1.165) is 27.8 Å². The summed E-state index contributed by atoms with van der Waals surface area (Å²) in [6.45, 7) is 4.06. The summed E-state index contributed by atoms with van der Waals surface area (Å²) in [5, 5.41) is 10.1. The van der Waals surface area contributed by atoms with Crippen LogP contribution in [0.1, 0.15) is 27.8 Å². The normalized spacial score (nSPS) is 10.7. The lowest BCUT2D eigenvalue weighted by atomic mass is 10.0. The van der Waals surface area contributed by atoms with E-state index in [0.29, 0.717) is 16.9 Å². The van der Waals surface area contributed by atoms with Gasteiger partial charge in [-0.05, 0) is 54.3 Å². The van der Waals surface area contributed by atoms with Crippen molar-refractivity contribution in [1.29, 1.82) is 5.26 Å². The van der Waals surface area contributed by atoms with Gasteiger partial charge in [0.2, 0.25) is 0 Å². The third-order valence-corrected chi connectivity index (χ3v) is 5.13. The highest BCUT2D eigenvalue weighted by molar-refractivity contribution is 7.97. The number of aryl methyl sites for hydroxylation is 2. The molecule has 0 fully saturated rings. The average molecular weight is 335 g/mol. The molecule has 0 atom stereocenters. The Hall–Kier alpha value is -2.51. The summed E-state index contributed by atoms with van der Waals surface area (Å²) >= 11 is 1.69. The molecule has 24 heavy (non-hydrogen) atoms. The van der Waals surface area contributed by atoms with E-state index in [9.17, 15) is 4.79 Å². The van der Waals surface area contributed by atoms with Crippen molar-refractivity contribution in [3.05, 3.63) is 80.7 Å². The summed E-state index contributed by atoms with van der Waals surface area (Å²) in [6, 6.07) is 15.4. The second-order valence-corrected chi connectivity index (χ2v) is 6.77. The molecule has 0 saturated carbocycles. The molecular formula is C20H17NO2S. The molecule has 0 spiro atoms. The first-order valence-electron chi connectivity index (χ1n) is 7.68. The van der Waals surface area contributed by atoms with E-state index >= 15 is 0 Å². The summed E-state index contributed by atoms with van der Waals surface area (Å²) in [4.78, 5) is 11.8. The largest absolute Gasteiger partial charge is 0.423 e. The van der Waals surface area contributed by atoms with Crippen LogP contribution in [0.3, 0.4) is 0 Å². The fraction of sp³-hybridized carbons (Fsp3) is 0.200. The lowest BCUT2D eigenvalue weighted by molar-refractivity contribution is 0.559. The van der Waals surface area contributed by atoms with Gasteiger partial charge in [-0.3, -0.25) is 0 Å². The van der Waals surface area contributed by atoms with Crippen LogP contribution in [0.5, 0.6) is 0 Å². The minimum Gasteiger partial charge on any atom is -0.423 e. The number of nitrogens with zero attached hydrogens (tertiary/aromatic N) is 1. The minimum atomic E-state index is -0.321. The van der Waals surface area contributed by atoms with Crippen molar-refractivity contribution in [2.45, 2.75) is 25.4 Å². The molecule has 0 bridgehead atoms. The Balaban J connectivity index is 1.86. The Labute approximate surface area is 144 Å². The van der Waals surface area contributed by atoms with Gasteiger partial charge in [-0.25, -0.2) is 4.79 Å². The maximum Gasteiger partial charge on any atom is 0.336 e. The first-order valence-corrected chi connectivity index (χ1v) is 8.83. The van der Waals surface area contributed by atoms with Crippen molar-refractivity contribution in [3.8, 4) is 6.07 Å². The van der Waals surface area contributed by atoms with Crippen LogP contribution in [0, 0.1) is 25.2 Å². The van der Waals surface area contributed by atoms with Crippen LogP contribution < -0.4 is 5.63 Å². The molecule has 1 aromatic heterocycles. The molecule has 0 aliphatic heterocycles. The van der Waals surface area contributed by atoms with Crippen LogP contribution >= 0.6 is 11.8 Å². The average Bonchev–Trinajstić information content (AvgIpc) is 2.57. The predicted octanol–water partition coefficient (Wildman–Crippen LogP) is 4.71. The number of hydrogen-bond acceptors (Lipinski definition) is 4. The smallest absolute Gasteiger partial charge is 0.336 e. The van der Waals surface area contributed by atoms with E-state index in [1.807, 2.05) is 37.3 Å². The van der Waals surface area contributed by atoms with Crippen molar-refractivity contribution >= 4 is 22.7 Å². The molecule has 3 aromatic rings. The Kier molecular flexibility index (Phi) is 4.73. The second kappa shape index (κ2) is 6.94. The van der Waals surface area contributed by atoms with Gasteiger partial charge in [-0.2, -0.15) is 17.0 Å². The zero-order valence-corrected chi connectivity index (χ0v) is 14.4. The van der Waals surface area contributed by atoms with Crippen molar-refractivity contribution in [3.63, 3.8) is 0 Å². The van der Waals surface area contributed by atoms with Gasteiger partial charge in [0.15, 0.2) is 0 Å². The predicted molar refractivity (Wildman–Crippen MR) is 98.1 cm³/mol. The molecule has 0 N–H and O–H groups in total. The van der Waals surface area contributed by atoms with E-state index in [1.54, 1.807) is 17.8 Å². The van der Waals surface area contributed by atoms with Crippen molar-refractivity contribution in [1.82, 2.24) is 0 Å². The number of fused-ring (bicyclic) bond motifs is 1. The highest BCUT2D eigenvalue weighted by Gasteiger charge is 2.09. The summed E-state index contributed by atoms with van der Waals surface area (Å²) in [5.41, 5.74) is 5.30. The number of nitriles is 1. The van der Waals surface area contributed by atoms with Crippen molar-refractivity contribution in [2.75, 3.05) is 0 Å². The fourth-order valence-electron chi connectivity index (χ4n) is 2.63. The van der Waals surface area contributed by atoms with Crippen LogP contribution in [0.25, 0.3) is 11.0 Å². The van der Waals surface area contributed by atoms with Gasteiger partial charge in [0.25, 0.3) is 0 Å². The third kappa shape index (κ3) is 3.37. The lowest BCUT2D eigenvalue weighted by Gasteiger charge is -2.08. The molecule has 1 heterocycles. The van der Waals surface area contributed by atoms with Gasteiger partial charge >= 0.3 is 5.63 Å². The first-order chi connectivity index (χ1) is 11.6. The van der Waals surface area contributed by atoms with Gasteiger partial charge in [-0.15, -0.1) is 0 Å². The summed E-state index contributed by atoms with van der Waals surface area (Å²) in [5.74, 6) is 1.43. The Morgan fingerprint density at radius 3 is 2.54 bits per heavy atom. The quantitative estimate of drug-likeness (QED) is 0.648. The molecule has 3 nitrogen and oxygen atoms in total. The third-order valence-electron chi connectivity index (χ3n) is 4.10. The number of hydrogen-bond donors (Lipinski definition) is 0. The topological polar surface area (TPSA) is 54.0 Å². The molecule has 0 aliphatic carbocycles. The summed E-state index contributed by atoms with van der Waals surface area (Å²) in [7, 11) is 0. The Bertz CT molecular complexity index is 999. The molecule has 4 heteroatoms. The molecule has 0 amide bonds. The highest BCUT2D eigenvalue weighted by Crippen LogP contribution is 2.26. The van der Waals surface area contributed by atoms with Gasteiger partial charge < -0.3 is 4.42 Å². The zero-order chi connectivity index (χ0) is 17.1. The van der Waals surface area contributed by atoms with Crippen LogP contribution in [0.2, 0.25) is 0 Å². The second-order valence-electron chi connectivity index (χ2n) is 5.79. The highest BCUT2D eigenvalue weighted by atomic mass is 32.2. The minimum absolute atomic E-state index is 0.321. The van der Waals surface area contributed by atoms with Crippen LogP contribution in [0.15, 0.2) is 51.7 Å². The summed E-state index contributed by atoms with van der Waals surface area (Å²) in [6.07, 6.45) is 0. The van der Waals surface area contributed by atoms with Crippen LogP contribution in [-0.4, -0.2) is 0 Å². The van der Waals surface area contributed by atoms with E-state index < -0.39 is 0 Å². The van der Waals surface area contributed by atoms with Gasteiger partial charge in [-0.1, -0.05) is 18.2 Å². The standard InChI is InChI=1S/C20H17NO2S/c1-13-7-18-17(9-20(22)23-19(18)8-14(13)2)12-24-11-16-6-4-3-5-15(16)10-21/h3-9H,11-12H2,1-2H3. The van der Waals surface area contributed by atoms with E-state index in [2.05, 4.69) is 19.1 Å². The van der Waals surface area contributed by atoms with E-state index in [-0.39, 0.29) is 5.63 Å². The molecule has 120 valence electrons.